The van der Waals surface area contributed by atoms with Crippen molar-refractivity contribution in [3.8, 4) is 0 Å². The van der Waals surface area contributed by atoms with Gasteiger partial charge in [0.2, 0.25) is 5.13 Å². The Hall–Kier alpha value is -2.92. The van der Waals surface area contributed by atoms with Gasteiger partial charge in [-0.1, -0.05) is 24.3 Å². The van der Waals surface area contributed by atoms with E-state index in [1.165, 1.54) is 24.3 Å². The summed E-state index contributed by atoms with van der Waals surface area (Å²) in [5.41, 5.74) is -0.542. The van der Waals surface area contributed by atoms with Gasteiger partial charge in [0, 0.05) is 5.69 Å². The minimum Gasteiger partial charge on any atom is -0.322 e. The highest BCUT2D eigenvalue weighted by Crippen LogP contribution is 2.22. The summed E-state index contributed by atoms with van der Waals surface area (Å²) >= 11 is 1.13. The van der Waals surface area contributed by atoms with Crippen molar-refractivity contribution in [3.05, 3.63) is 64.7 Å². The molecule has 3 aromatic rings. The second kappa shape index (κ2) is 7.98. The van der Waals surface area contributed by atoms with Crippen LogP contribution in [0.1, 0.15) is 22.3 Å². The number of hydrogen-bond acceptors (Lipinski definition) is 6. The van der Waals surface area contributed by atoms with E-state index in [0.717, 1.165) is 29.5 Å². The molecule has 0 atom stereocenters. The third-order valence-electron chi connectivity index (χ3n) is 3.60. The molecule has 0 aliphatic carbocycles. The molecule has 7 nitrogen and oxygen atoms in total. The van der Waals surface area contributed by atoms with Crippen LogP contribution in [0.25, 0.3) is 0 Å². The van der Waals surface area contributed by atoms with Crippen LogP contribution in [-0.2, 0) is 16.4 Å². The number of sulfonamides is 1. The van der Waals surface area contributed by atoms with Crippen molar-refractivity contribution in [2.45, 2.75) is 18.2 Å². The molecule has 0 bridgehead atoms. The van der Waals surface area contributed by atoms with E-state index in [9.17, 15) is 22.0 Å². The summed E-state index contributed by atoms with van der Waals surface area (Å²) in [6.07, 6.45) is 0.635. The zero-order valence-electron chi connectivity index (χ0n) is 14.4. The molecule has 2 aromatic carbocycles. The maximum Gasteiger partial charge on any atom is 0.263 e. The molecule has 0 unspecified atom stereocenters. The first kappa shape index (κ1) is 19.8. The zero-order chi connectivity index (χ0) is 20.3. The van der Waals surface area contributed by atoms with Crippen molar-refractivity contribution < 1.29 is 22.0 Å². The Morgan fingerprint density at radius 2 is 1.71 bits per heavy atom. The molecular weight excluding hydrogens is 410 g/mol. The Kier molecular flexibility index (Phi) is 5.66. The monoisotopic (exact) mass is 424 g/mol. The van der Waals surface area contributed by atoms with Gasteiger partial charge in [0.05, 0.1) is 4.90 Å². The molecule has 2 N–H and O–H groups in total. The molecule has 0 radical (unpaired) electrons. The molecule has 0 saturated carbocycles. The molecule has 0 saturated heterocycles. The van der Waals surface area contributed by atoms with Crippen molar-refractivity contribution in [3.63, 3.8) is 0 Å². The number of hydrogen-bond donors (Lipinski definition) is 2. The van der Waals surface area contributed by atoms with Gasteiger partial charge in [-0.3, -0.25) is 9.52 Å². The molecule has 0 spiro atoms. The van der Waals surface area contributed by atoms with Crippen molar-refractivity contribution in [1.82, 2.24) is 10.2 Å². The van der Waals surface area contributed by atoms with E-state index in [-0.39, 0.29) is 15.7 Å². The van der Waals surface area contributed by atoms with Crippen LogP contribution in [0.3, 0.4) is 0 Å². The van der Waals surface area contributed by atoms with Crippen LogP contribution < -0.4 is 10.0 Å². The van der Waals surface area contributed by atoms with Crippen LogP contribution in [0.4, 0.5) is 19.6 Å². The Balaban J connectivity index is 1.74. The molecule has 1 heterocycles. The summed E-state index contributed by atoms with van der Waals surface area (Å²) in [5, 5.41) is 10.7. The summed E-state index contributed by atoms with van der Waals surface area (Å²) < 4.78 is 54.4. The summed E-state index contributed by atoms with van der Waals surface area (Å²) in [6.45, 7) is 1.87. The van der Waals surface area contributed by atoms with E-state index in [2.05, 4.69) is 20.2 Å². The van der Waals surface area contributed by atoms with E-state index < -0.39 is 33.1 Å². The quantitative estimate of drug-likeness (QED) is 0.631. The maximum atomic E-state index is 13.7. The molecule has 1 amide bonds. The molecule has 3 rings (SSSR count). The number of carbonyl (C=O) groups is 1. The molecule has 11 heteroatoms. The highest BCUT2D eigenvalue weighted by atomic mass is 32.2. The lowest BCUT2D eigenvalue weighted by Crippen LogP contribution is -2.16. The van der Waals surface area contributed by atoms with Crippen molar-refractivity contribution in [2.24, 2.45) is 0 Å². The van der Waals surface area contributed by atoms with Crippen LogP contribution in [-0.4, -0.2) is 24.5 Å². The van der Waals surface area contributed by atoms with E-state index in [1.54, 1.807) is 0 Å². The number of rotatable bonds is 6. The van der Waals surface area contributed by atoms with Crippen LogP contribution in [0.2, 0.25) is 0 Å². The van der Waals surface area contributed by atoms with Gasteiger partial charge >= 0.3 is 0 Å². The average Bonchev–Trinajstić information content (AvgIpc) is 3.09. The summed E-state index contributed by atoms with van der Waals surface area (Å²) in [6, 6.07) is 8.20. The fourth-order valence-corrected chi connectivity index (χ4v) is 4.15. The van der Waals surface area contributed by atoms with E-state index in [1.807, 2.05) is 6.92 Å². The van der Waals surface area contributed by atoms with Crippen molar-refractivity contribution in [1.29, 1.82) is 0 Å². The van der Waals surface area contributed by atoms with Gasteiger partial charge in [-0.05, 0) is 42.8 Å². The predicted molar refractivity (Wildman–Crippen MR) is 101 cm³/mol. The van der Waals surface area contributed by atoms with Crippen molar-refractivity contribution in [2.75, 3.05) is 10.0 Å². The SMILES string of the molecule is CCc1nnc(NS(=O)(=O)c2ccc(NC(=O)c3c(F)cccc3F)cc2)s1. The number of halogens is 2. The summed E-state index contributed by atoms with van der Waals surface area (Å²) in [5.74, 6) is -2.97. The summed E-state index contributed by atoms with van der Waals surface area (Å²) in [7, 11) is -3.89. The van der Waals surface area contributed by atoms with Gasteiger partial charge in [-0.25, -0.2) is 17.2 Å². The number of benzene rings is 2. The lowest BCUT2D eigenvalue weighted by molar-refractivity contribution is 0.101. The number of nitrogens with zero attached hydrogens (tertiary/aromatic N) is 2. The van der Waals surface area contributed by atoms with Crippen LogP contribution in [0.15, 0.2) is 47.4 Å². The van der Waals surface area contributed by atoms with Gasteiger partial charge in [-0.2, -0.15) is 0 Å². The van der Waals surface area contributed by atoms with Crippen LogP contribution in [0, 0.1) is 11.6 Å². The highest BCUT2D eigenvalue weighted by molar-refractivity contribution is 7.93. The number of anilines is 2. The number of carbonyl (C=O) groups excluding carboxylic acids is 1. The second-order valence-corrected chi connectivity index (χ2v) is 8.28. The molecule has 0 aliphatic rings. The lowest BCUT2D eigenvalue weighted by Gasteiger charge is -2.09. The van der Waals surface area contributed by atoms with Gasteiger partial charge < -0.3 is 5.32 Å². The van der Waals surface area contributed by atoms with E-state index in [4.69, 9.17) is 0 Å². The smallest absolute Gasteiger partial charge is 0.263 e. The Bertz CT molecular complexity index is 1100. The fraction of sp³-hybridized carbons (Fsp3) is 0.118. The van der Waals surface area contributed by atoms with E-state index in [0.29, 0.717) is 11.4 Å². The average molecular weight is 424 g/mol. The molecule has 0 aliphatic heterocycles. The molecule has 146 valence electrons. The normalized spacial score (nSPS) is 11.2. The number of amides is 1. The topological polar surface area (TPSA) is 101 Å². The predicted octanol–water partition coefficient (Wildman–Crippen LogP) is 3.43. The Morgan fingerprint density at radius 3 is 2.29 bits per heavy atom. The van der Waals surface area contributed by atoms with Gasteiger partial charge in [0.1, 0.15) is 22.2 Å². The minimum atomic E-state index is -3.89. The van der Waals surface area contributed by atoms with Gasteiger partial charge in [0.25, 0.3) is 15.9 Å². The number of nitrogens with one attached hydrogen (secondary N) is 2. The van der Waals surface area contributed by atoms with Gasteiger partial charge in [-0.15, -0.1) is 10.2 Å². The van der Waals surface area contributed by atoms with Crippen molar-refractivity contribution >= 4 is 38.1 Å². The highest BCUT2D eigenvalue weighted by Gasteiger charge is 2.19. The van der Waals surface area contributed by atoms with E-state index >= 15 is 0 Å². The largest absolute Gasteiger partial charge is 0.322 e. The summed E-state index contributed by atoms with van der Waals surface area (Å²) in [4.78, 5) is 12.0. The zero-order valence-corrected chi connectivity index (χ0v) is 16.1. The third-order valence-corrected chi connectivity index (χ3v) is 6.07. The molecular formula is C17H14F2N4O3S2. The standard InChI is InChI=1S/C17H14F2N4O3S2/c1-2-14-21-22-17(27-14)23-28(25,26)11-8-6-10(7-9-11)20-16(24)15-12(18)4-3-5-13(15)19/h3-9H,2H2,1H3,(H,20,24)(H,22,23). The third kappa shape index (κ3) is 4.31. The molecule has 0 fully saturated rings. The first-order valence-electron chi connectivity index (χ1n) is 8.01. The van der Waals surface area contributed by atoms with Crippen LogP contribution in [0.5, 0.6) is 0 Å². The molecule has 1 aromatic heterocycles. The first-order chi connectivity index (χ1) is 13.3. The maximum absolute atomic E-state index is 13.7. The minimum absolute atomic E-state index is 0.0733. The number of aryl methyl sites for hydroxylation is 1. The Morgan fingerprint density at radius 1 is 1.07 bits per heavy atom. The second-order valence-electron chi connectivity index (χ2n) is 5.54. The lowest BCUT2D eigenvalue weighted by atomic mass is 10.2. The van der Waals surface area contributed by atoms with Crippen LogP contribution >= 0.6 is 11.3 Å². The Labute approximate surface area is 163 Å². The number of aromatic nitrogens is 2. The first-order valence-corrected chi connectivity index (χ1v) is 10.3. The molecule has 28 heavy (non-hydrogen) atoms. The fourth-order valence-electron chi connectivity index (χ4n) is 2.24. The van der Waals surface area contributed by atoms with Gasteiger partial charge in [0.15, 0.2) is 0 Å².